The van der Waals surface area contributed by atoms with E-state index < -0.39 is 0 Å². The summed E-state index contributed by atoms with van der Waals surface area (Å²) in [5.41, 5.74) is 0. The summed E-state index contributed by atoms with van der Waals surface area (Å²) in [6.45, 7) is 2.01. The normalized spacial score (nSPS) is 11.1. The summed E-state index contributed by atoms with van der Waals surface area (Å²) >= 11 is 0. The first-order valence-corrected chi connectivity index (χ1v) is 2.87. The molecule has 1 unspecified atom stereocenters. The maximum atomic E-state index is 3.96. The fourth-order valence-corrected chi connectivity index (χ4v) is 0.560. The quantitative estimate of drug-likeness (QED) is 0.744. The molecule has 0 saturated heterocycles. The summed E-state index contributed by atoms with van der Waals surface area (Å²) < 4.78 is 0. The van der Waals surface area contributed by atoms with Gasteiger partial charge >= 0.3 is 0 Å². The lowest BCUT2D eigenvalue weighted by molar-refractivity contribution is 0.613. The highest BCUT2D eigenvalue weighted by atomic mass is 35.5. The van der Waals surface area contributed by atoms with E-state index in [2.05, 4.69) is 20.5 Å². The Balaban J connectivity index is 0. The minimum atomic E-state index is 0. The predicted molar refractivity (Wildman–Crippen MR) is 48.4 cm³/mol. The van der Waals surface area contributed by atoms with Gasteiger partial charge in [-0.05, 0) is 14.0 Å². The Morgan fingerprint density at radius 1 is 1.55 bits per heavy atom. The summed E-state index contributed by atoms with van der Waals surface area (Å²) in [7, 11) is 1.88. The molecule has 1 aromatic heterocycles. The van der Waals surface area contributed by atoms with Crippen LogP contribution in [0.15, 0.2) is 6.33 Å². The number of aromatic amines is 1. The van der Waals surface area contributed by atoms with Crippen LogP contribution >= 0.6 is 24.8 Å². The van der Waals surface area contributed by atoms with Crippen molar-refractivity contribution in [2.45, 2.75) is 13.0 Å². The van der Waals surface area contributed by atoms with E-state index in [4.69, 9.17) is 0 Å². The molecule has 6 heteroatoms. The number of nitrogens with one attached hydrogen (secondary N) is 2. The van der Waals surface area contributed by atoms with E-state index in [0.29, 0.717) is 0 Å². The molecular formula is C5H12Cl2N4. The number of H-pyrrole nitrogens is 1. The Morgan fingerprint density at radius 2 is 2.18 bits per heavy atom. The number of rotatable bonds is 2. The van der Waals surface area contributed by atoms with Gasteiger partial charge in [-0.2, -0.15) is 5.10 Å². The SMILES string of the molecule is CNC(C)c1ncn[nH]1.Cl.Cl. The van der Waals surface area contributed by atoms with Crippen molar-refractivity contribution in [3.05, 3.63) is 12.2 Å². The number of nitrogens with zero attached hydrogens (tertiary/aromatic N) is 2. The standard InChI is InChI=1S/C5H10N4.2ClH/c1-4(6-2)5-7-3-8-9-5;;/h3-4,6H,1-2H3,(H,7,8,9);2*1H. The molecule has 1 rings (SSSR count). The third kappa shape index (κ3) is 3.55. The second-order valence-electron chi connectivity index (χ2n) is 1.88. The van der Waals surface area contributed by atoms with Crippen LogP contribution in [-0.4, -0.2) is 22.2 Å². The van der Waals surface area contributed by atoms with Crippen LogP contribution in [0.4, 0.5) is 0 Å². The molecule has 0 aliphatic carbocycles. The predicted octanol–water partition coefficient (Wildman–Crippen LogP) is 0.929. The van der Waals surface area contributed by atoms with Gasteiger partial charge in [0.15, 0.2) is 0 Å². The minimum Gasteiger partial charge on any atom is -0.311 e. The van der Waals surface area contributed by atoms with Crippen molar-refractivity contribution >= 4 is 24.8 Å². The lowest BCUT2D eigenvalue weighted by Gasteiger charge is -2.03. The lowest BCUT2D eigenvalue weighted by atomic mass is 10.3. The van der Waals surface area contributed by atoms with Crippen molar-refractivity contribution in [1.29, 1.82) is 0 Å². The van der Waals surface area contributed by atoms with Gasteiger partial charge in [-0.25, -0.2) is 4.98 Å². The molecule has 11 heavy (non-hydrogen) atoms. The van der Waals surface area contributed by atoms with Crippen LogP contribution in [0.5, 0.6) is 0 Å². The maximum absolute atomic E-state index is 3.96. The minimum absolute atomic E-state index is 0. The summed E-state index contributed by atoms with van der Waals surface area (Å²) in [5.74, 6) is 0.873. The molecule has 2 N–H and O–H groups in total. The van der Waals surface area contributed by atoms with Gasteiger partial charge < -0.3 is 5.32 Å². The third-order valence-corrected chi connectivity index (χ3v) is 1.28. The second kappa shape index (κ2) is 6.39. The number of hydrogen-bond donors (Lipinski definition) is 2. The first kappa shape index (κ1) is 13.3. The molecule has 0 saturated carbocycles. The van der Waals surface area contributed by atoms with Crippen LogP contribution in [0.3, 0.4) is 0 Å². The fraction of sp³-hybridized carbons (Fsp3) is 0.600. The second-order valence-corrected chi connectivity index (χ2v) is 1.88. The van der Waals surface area contributed by atoms with E-state index in [1.165, 1.54) is 6.33 Å². The highest BCUT2D eigenvalue weighted by molar-refractivity contribution is 5.85. The Morgan fingerprint density at radius 3 is 2.55 bits per heavy atom. The average Bonchev–Trinajstić information content (AvgIpc) is 2.37. The maximum Gasteiger partial charge on any atom is 0.141 e. The zero-order valence-corrected chi connectivity index (χ0v) is 8.00. The smallest absolute Gasteiger partial charge is 0.141 e. The zero-order chi connectivity index (χ0) is 6.69. The fourth-order valence-electron chi connectivity index (χ4n) is 0.560. The van der Waals surface area contributed by atoms with E-state index >= 15 is 0 Å². The van der Waals surface area contributed by atoms with Gasteiger partial charge in [0, 0.05) is 0 Å². The Labute approximate surface area is 78.0 Å². The molecular weight excluding hydrogens is 187 g/mol. The number of halogens is 2. The molecule has 0 aromatic carbocycles. The Bertz CT molecular complexity index is 165. The summed E-state index contributed by atoms with van der Waals surface area (Å²) in [6, 6.07) is 0.257. The summed E-state index contributed by atoms with van der Waals surface area (Å²) in [5, 5.41) is 9.51. The Hall–Kier alpha value is -0.320. The molecule has 0 spiro atoms. The third-order valence-electron chi connectivity index (χ3n) is 1.28. The molecule has 0 amide bonds. The molecule has 0 bridgehead atoms. The molecule has 0 aliphatic rings. The average molecular weight is 199 g/mol. The first-order chi connectivity index (χ1) is 4.34. The highest BCUT2D eigenvalue weighted by Crippen LogP contribution is 2.00. The van der Waals surface area contributed by atoms with Gasteiger partial charge in [0.25, 0.3) is 0 Å². The molecule has 66 valence electrons. The zero-order valence-electron chi connectivity index (χ0n) is 6.37. The van der Waals surface area contributed by atoms with E-state index in [1.54, 1.807) is 0 Å². The molecule has 4 nitrogen and oxygen atoms in total. The molecule has 0 radical (unpaired) electrons. The largest absolute Gasteiger partial charge is 0.311 e. The topological polar surface area (TPSA) is 53.6 Å². The van der Waals surface area contributed by atoms with Crippen molar-refractivity contribution in [3.8, 4) is 0 Å². The monoisotopic (exact) mass is 198 g/mol. The molecule has 0 aliphatic heterocycles. The van der Waals surface area contributed by atoms with Crippen molar-refractivity contribution in [2.24, 2.45) is 0 Å². The van der Waals surface area contributed by atoms with E-state index in [-0.39, 0.29) is 30.9 Å². The van der Waals surface area contributed by atoms with Crippen LogP contribution in [0, 0.1) is 0 Å². The van der Waals surface area contributed by atoms with E-state index in [1.807, 2.05) is 14.0 Å². The van der Waals surface area contributed by atoms with Gasteiger partial charge in [0.1, 0.15) is 12.2 Å². The summed E-state index contributed by atoms with van der Waals surface area (Å²) in [4.78, 5) is 3.96. The number of aromatic nitrogens is 3. The van der Waals surface area contributed by atoms with E-state index in [0.717, 1.165) is 5.82 Å². The summed E-state index contributed by atoms with van der Waals surface area (Å²) in [6.07, 6.45) is 1.50. The van der Waals surface area contributed by atoms with Crippen LogP contribution in [0.2, 0.25) is 0 Å². The lowest BCUT2D eigenvalue weighted by Crippen LogP contribution is -2.13. The first-order valence-electron chi connectivity index (χ1n) is 2.87. The van der Waals surface area contributed by atoms with Crippen LogP contribution < -0.4 is 5.32 Å². The Kier molecular flexibility index (Phi) is 7.72. The van der Waals surface area contributed by atoms with Gasteiger partial charge in [-0.1, -0.05) is 0 Å². The van der Waals surface area contributed by atoms with Crippen LogP contribution in [0.1, 0.15) is 18.8 Å². The van der Waals surface area contributed by atoms with Gasteiger partial charge in [0.2, 0.25) is 0 Å². The molecule has 1 aromatic rings. The van der Waals surface area contributed by atoms with Crippen molar-refractivity contribution < 1.29 is 0 Å². The molecule has 0 fully saturated rings. The highest BCUT2D eigenvalue weighted by Gasteiger charge is 2.02. The van der Waals surface area contributed by atoms with Gasteiger partial charge in [-0.15, -0.1) is 24.8 Å². The van der Waals surface area contributed by atoms with Crippen molar-refractivity contribution in [1.82, 2.24) is 20.5 Å². The molecule has 1 atom stereocenters. The van der Waals surface area contributed by atoms with Gasteiger partial charge in [-0.3, -0.25) is 5.10 Å². The van der Waals surface area contributed by atoms with Crippen molar-refractivity contribution in [2.75, 3.05) is 7.05 Å². The van der Waals surface area contributed by atoms with Crippen LogP contribution in [-0.2, 0) is 0 Å². The number of hydrogen-bond acceptors (Lipinski definition) is 3. The van der Waals surface area contributed by atoms with E-state index in [9.17, 15) is 0 Å². The van der Waals surface area contributed by atoms with Crippen molar-refractivity contribution in [3.63, 3.8) is 0 Å². The van der Waals surface area contributed by atoms with Gasteiger partial charge in [0.05, 0.1) is 6.04 Å². The van der Waals surface area contributed by atoms with Crippen LogP contribution in [0.25, 0.3) is 0 Å². The molecule has 1 heterocycles.